The molecule has 0 radical (unpaired) electrons. The maximum Gasteiger partial charge on any atom is 0.277 e. The first-order valence-electron chi connectivity index (χ1n) is 11.6. The highest BCUT2D eigenvalue weighted by Gasteiger charge is 2.14. The van der Waals surface area contributed by atoms with Crippen LogP contribution in [0.3, 0.4) is 0 Å². The molecule has 0 spiro atoms. The lowest BCUT2D eigenvalue weighted by molar-refractivity contribution is -0.113. The van der Waals surface area contributed by atoms with Crippen LogP contribution in [0.2, 0.25) is 0 Å². The van der Waals surface area contributed by atoms with Crippen molar-refractivity contribution in [3.63, 3.8) is 0 Å². The molecule has 0 aliphatic carbocycles. The zero-order valence-corrected chi connectivity index (χ0v) is 20.9. The van der Waals surface area contributed by atoms with Gasteiger partial charge in [0, 0.05) is 29.2 Å². The molecule has 3 aromatic carbocycles. The van der Waals surface area contributed by atoms with Gasteiger partial charge in [0.25, 0.3) is 5.22 Å². The zero-order chi connectivity index (χ0) is 23.9. The standard InChI is InChI=1S/C27H26N4O2S2/c32-25(28-23-12-8-21(9-13-23)18-20-6-2-1-3-7-20)19-34-27-30-29-26(33-27)22-10-14-24(15-11-22)35-31-16-4-5-17-31/h1-3,6-15H,4-5,16-19H2,(H,28,32). The van der Waals surface area contributed by atoms with Crippen molar-refractivity contribution < 1.29 is 9.21 Å². The van der Waals surface area contributed by atoms with Crippen LogP contribution in [0, 0.1) is 0 Å². The number of thioether (sulfide) groups is 1. The van der Waals surface area contributed by atoms with E-state index >= 15 is 0 Å². The predicted octanol–water partition coefficient (Wildman–Crippen LogP) is 6.16. The molecule has 2 heterocycles. The maximum atomic E-state index is 12.4. The predicted molar refractivity (Wildman–Crippen MR) is 141 cm³/mol. The number of amides is 1. The van der Waals surface area contributed by atoms with E-state index in [0.29, 0.717) is 11.1 Å². The van der Waals surface area contributed by atoms with Gasteiger partial charge in [-0.05, 0) is 78.7 Å². The molecule has 8 heteroatoms. The van der Waals surface area contributed by atoms with E-state index in [4.69, 9.17) is 4.42 Å². The van der Waals surface area contributed by atoms with Crippen molar-refractivity contribution in [3.05, 3.63) is 90.0 Å². The van der Waals surface area contributed by atoms with E-state index in [1.807, 2.05) is 54.6 Å². The van der Waals surface area contributed by atoms with Gasteiger partial charge >= 0.3 is 0 Å². The fraction of sp³-hybridized carbons (Fsp3) is 0.222. The number of hydrogen-bond acceptors (Lipinski definition) is 7. The minimum atomic E-state index is -0.117. The van der Waals surface area contributed by atoms with Crippen molar-refractivity contribution in [2.75, 3.05) is 24.2 Å². The summed E-state index contributed by atoms with van der Waals surface area (Å²) >= 11 is 3.02. The zero-order valence-electron chi connectivity index (χ0n) is 19.2. The fourth-order valence-corrected chi connectivity index (χ4v) is 5.39. The van der Waals surface area contributed by atoms with Gasteiger partial charge in [-0.15, -0.1) is 10.2 Å². The summed E-state index contributed by atoms with van der Waals surface area (Å²) in [4.78, 5) is 13.6. The smallest absolute Gasteiger partial charge is 0.277 e. The second kappa shape index (κ2) is 11.6. The molecule has 6 nitrogen and oxygen atoms in total. The average Bonchev–Trinajstić information content (AvgIpc) is 3.58. The van der Waals surface area contributed by atoms with E-state index < -0.39 is 0 Å². The number of carbonyl (C=O) groups excluding carboxylic acids is 1. The van der Waals surface area contributed by atoms with Crippen molar-refractivity contribution in [1.82, 2.24) is 14.5 Å². The molecule has 1 saturated heterocycles. The lowest BCUT2D eigenvalue weighted by Gasteiger charge is -2.12. The van der Waals surface area contributed by atoms with Gasteiger partial charge in [0.05, 0.1) is 5.75 Å². The van der Waals surface area contributed by atoms with Gasteiger partial charge in [-0.1, -0.05) is 54.2 Å². The van der Waals surface area contributed by atoms with Crippen LogP contribution in [0.25, 0.3) is 11.5 Å². The lowest BCUT2D eigenvalue weighted by Crippen LogP contribution is -2.13. The third kappa shape index (κ3) is 6.75. The Labute approximate surface area is 213 Å². The minimum Gasteiger partial charge on any atom is -0.411 e. The summed E-state index contributed by atoms with van der Waals surface area (Å²) in [7, 11) is 0. The van der Waals surface area contributed by atoms with Gasteiger partial charge in [0.2, 0.25) is 11.8 Å². The highest BCUT2D eigenvalue weighted by molar-refractivity contribution is 7.99. The van der Waals surface area contributed by atoms with E-state index in [1.54, 1.807) is 11.9 Å². The molecule has 1 amide bonds. The molecule has 1 fully saturated rings. The molecular weight excluding hydrogens is 476 g/mol. The number of hydrogen-bond donors (Lipinski definition) is 1. The summed E-state index contributed by atoms with van der Waals surface area (Å²) in [6.07, 6.45) is 3.41. The normalized spacial score (nSPS) is 13.7. The maximum absolute atomic E-state index is 12.4. The van der Waals surface area contributed by atoms with Crippen LogP contribution >= 0.6 is 23.7 Å². The Kier molecular flexibility index (Phi) is 7.82. The highest BCUT2D eigenvalue weighted by Crippen LogP contribution is 2.29. The SMILES string of the molecule is O=C(CSc1nnc(-c2ccc(SN3CCCC3)cc2)o1)Nc1ccc(Cc2ccccc2)cc1. The van der Waals surface area contributed by atoms with Gasteiger partial charge in [0.1, 0.15) is 0 Å². The number of carbonyl (C=O) groups is 1. The quantitative estimate of drug-likeness (QED) is 0.217. The van der Waals surface area contributed by atoms with Gasteiger partial charge < -0.3 is 9.73 Å². The Morgan fingerprint density at radius 3 is 2.34 bits per heavy atom. The van der Waals surface area contributed by atoms with Crippen LogP contribution in [0.15, 0.2) is 93.4 Å². The number of nitrogens with one attached hydrogen (secondary N) is 1. The van der Waals surface area contributed by atoms with E-state index in [-0.39, 0.29) is 11.7 Å². The molecule has 1 aromatic heterocycles. The van der Waals surface area contributed by atoms with Crippen LogP contribution < -0.4 is 5.32 Å². The molecule has 1 N–H and O–H groups in total. The molecule has 0 unspecified atom stereocenters. The summed E-state index contributed by atoms with van der Waals surface area (Å²) in [5, 5.41) is 11.5. The summed E-state index contributed by atoms with van der Waals surface area (Å²) in [5.74, 6) is 0.534. The molecule has 0 saturated carbocycles. The van der Waals surface area contributed by atoms with Crippen LogP contribution in [0.1, 0.15) is 24.0 Å². The van der Waals surface area contributed by atoms with E-state index in [0.717, 1.165) is 30.8 Å². The Morgan fingerprint density at radius 2 is 1.60 bits per heavy atom. The second-order valence-corrected chi connectivity index (χ2v) is 10.4. The fourth-order valence-electron chi connectivity index (χ4n) is 3.83. The van der Waals surface area contributed by atoms with Crippen molar-refractivity contribution in [3.8, 4) is 11.5 Å². The number of aromatic nitrogens is 2. The van der Waals surface area contributed by atoms with Crippen LogP contribution in [-0.2, 0) is 11.2 Å². The molecule has 1 aliphatic rings. The van der Waals surface area contributed by atoms with Crippen molar-refractivity contribution in [1.29, 1.82) is 0 Å². The van der Waals surface area contributed by atoms with Crippen molar-refractivity contribution in [2.45, 2.75) is 29.4 Å². The molecule has 0 atom stereocenters. The monoisotopic (exact) mass is 502 g/mol. The third-order valence-corrected chi connectivity index (χ3v) is 7.55. The summed E-state index contributed by atoms with van der Waals surface area (Å²) in [6, 6.07) is 26.4. The number of rotatable bonds is 9. The van der Waals surface area contributed by atoms with Crippen LogP contribution in [-0.4, -0.2) is 39.3 Å². The summed E-state index contributed by atoms with van der Waals surface area (Å²) < 4.78 is 8.15. The van der Waals surface area contributed by atoms with Gasteiger partial charge in [-0.3, -0.25) is 4.79 Å². The average molecular weight is 503 g/mol. The minimum absolute atomic E-state index is 0.117. The second-order valence-electron chi connectivity index (χ2n) is 8.32. The molecule has 35 heavy (non-hydrogen) atoms. The van der Waals surface area contributed by atoms with Gasteiger partial charge in [0.15, 0.2) is 0 Å². The first-order valence-corrected chi connectivity index (χ1v) is 13.4. The molecule has 1 aliphatic heterocycles. The van der Waals surface area contributed by atoms with Crippen LogP contribution in [0.4, 0.5) is 5.69 Å². The topological polar surface area (TPSA) is 71.3 Å². The first kappa shape index (κ1) is 23.7. The lowest BCUT2D eigenvalue weighted by atomic mass is 10.0. The first-order chi connectivity index (χ1) is 17.2. The van der Waals surface area contributed by atoms with Crippen molar-refractivity contribution >= 4 is 35.3 Å². The Bertz CT molecular complexity index is 1240. The molecular formula is C27H26N4O2S2. The van der Waals surface area contributed by atoms with E-state index in [2.05, 4.69) is 44.1 Å². The highest BCUT2D eigenvalue weighted by atomic mass is 32.2. The van der Waals surface area contributed by atoms with Gasteiger partial charge in [-0.25, -0.2) is 4.31 Å². The van der Waals surface area contributed by atoms with E-state index in [9.17, 15) is 4.79 Å². The molecule has 0 bridgehead atoms. The van der Waals surface area contributed by atoms with Crippen molar-refractivity contribution in [2.24, 2.45) is 0 Å². The Balaban J connectivity index is 1.09. The number of anilines is 1. The molecule has 5 rings (SSSR count). The third-order valence-electron chi connectivity index (χ3n) is 5.62. The Morgan fingerprint density at radius 1 is 0.886 bits per heavy atom. The number of benzene rings is 3. The molecule has 178 valence electrons. The Hall–Kier alpha value is -3.07. The number of nitrogens with zero attached hydrogens (tertiary/aromatic N) is 3. The molecule has 4 aromatic rings. The largest absolute Gasteiger partial charge is 0.411 e. The van der Waals surface area contributed by atoms with Gasteiger partial charge in [-0.2, -0.15) is 0 Å². The summed E-state index contributed by atoms with van der Waals surface area (Å²) in [6.45, 7) is 2.29. The van der Waals surface area contributed by atoms with Crippen LogP contribution in [0.5, 0.6) is 0 Å². The summed E-state index contributed by atoms with van der Waals surface area (Å²) in [5.41, 5.74) is 4.10. The van der Waals surface area contributed by atoms with E-state index in [1.165, 1.54) is 40.6 Å².